The van der Waals surface area contributed by atoms with Gasteiger partial charge in [-0.15, -0.1) is 0 Å². The highest BCUT2D eigenvalue weighted by molar-refractivity contribution is 7.89. The number of hydrogen-bond acceptors (Lipinski definition) is 5. The third-order valence-corrected chi connectivity index (χ3v) is 6.38. The summed E-state index contributed by atoms with van der Waals surface area (Å²) < 4.78 is 27.6. The van der Waals surface area contributed by atoms with Gasteiger partial charge in [0.25, 0.3) is 5.91 Å². The minimum atomic E-state index is -3.95. The van der Waals surface area contributed by atoms with E-state index in [1.165, 1.54) is 30.5 Å². The van der Waals surface area contributed by atoms with Crippen LogP contribution in [0.25, 0.3) is 0 Å². The van der Waals surface area contributed by atoms with E-state index in [0.29, 0.717) is 5.02 Å². The molecule has 0 unspecified atom stereocenters. The maximum atomic E-state index is 13.2. The molecule has 0 atom stereocenters. The highest BCUT2D eigenvalue weighted by Gasteiger charge is 2.27. The van der Waals surface area contributed by atoms with E-state index in [0.717, 1.165) is 21.0 Å². The molecule has 0 aliphatic carbocycles. The van der Waals surface area contributed by atoms with Gasteiger partial charge in [-0.25, -0.2) is 13.8 Å². The Balaban J connectivity index is 1.80. The summed E-state index contributed by atoms with van der Waals surface area (Å²) in [6.45, 7) is 1.56. The number of nitrogens with one attached hydrogen (secondary N) is 1. The summed E-state index contributed by atoms with van der Waals surface area (Å²) >= 11 is 5.89. The predicted octanol–water partition coefficient (Wildman–Crippen LogP) is 3.38. The number of aromatic nitrogens is 1. The predicted molar refractivity (Wildman–Crippen MR) is 120 cm³/mol. The van der Waals surface area contributed by atoms with E-state index in [1.54, 1.807) is 24.5 Å². The Bertz CT molecular complexity index is 1170. The van der Waals surface area contributed by atoms with Crippen molar-refractivity contribution in [3.8, 4) is 0 Å². The number of carbonyl (C=O) groups excluding carboxylic acids is 1. The van der Waals surface area contributed by atoms with Crippen LogP contribution in [0.1, 0.15) is 16.7 Å². The first-order chi connectivity index (χ1) is 14.8. The van der Waals surface area contributed by atoms with E-state index in [1.807, 2.05) is 31.2 Å². The lowest BCUT2D eigenvalue weighted by Gasteiger charge is -2.21. The second kappa shape index (κ2) is 10.3. The molecule has 9 heteroatoms. The van der Waals surface area contributed by atoms with Gasteiger partial charge in [-0.1, -0.05) is 41.4 Å². The average molecular weight is 457 g/mol. The van der Waals surface area contributed by atoms with Gasteiger partial charge in [-0.05, 0) is 54.4 Å². The fraction of sp³-hybridized carbons (Fsp3) is 0.136. The average Bonchev–Trinajstić information content (AvgIpc) is 2.74. The van der Waals surface area contributed by atoms with Crippen molar-refractivity contribution in [2.24, 2.45) is 5.10 Å². The highest BCUT2D eigenvalue weighted by Crippen LogP contribution is 2.20. The summed E-state index contributed by atoms with van der Waals surface area (Å²) in [5.41, 5.74) is 4.89. The Labute approximate surface area is 186 Å². The zero-order valence-electron chi connectivity index (χ0n) is 16.8. The minimum absolute atomic E-state index is 0.0358. The molecule has 0 aliphatic rings. The lowest BCUT2D eigenvalue weighted by molar-refractivity contribution is -0.121. The molecule has 160 valence electrons. The van der Waals surface area contributed by atoms with Crippen molar-refractivity contribution in [3.05, 3.63) is 94.8 Å². The van der Waals surface area contributed by atoms with Crippen LogP contribution in [0, 0.1) is 6.92 Å². The van der Waals surface area contributed by atoms with Crippen molar-refractivity contribution < 1.29 is 13.2 Å². The molecule has 2 aromatic carbocycles. The highest BCUT2D eigenvalue weighted by atomic mass is 35.5. The molecule has 0 saturated heterocycles. The monoisotopic (exact) mass is 456 g/mol. The van der Waals surface area contributed by atoms with Gasteiger partial charge in [0.1, 0.15) is 0 Å². The smallest absolute Gasteiger partial charge is 0.255 e. The number of amides is 1. The van der Waals surface area contributed by atoms with Crippen LogP contribution in [0.3, 0.4) is 0 Å². The van der Waals surface area contributed by atoms with Crippen molar-refractivity contribution >= 4 is 33.7 Å². The molecule has 0 fully saturated rings. The van der Waals surface area contributed by atoms with Gasteiger partial charge in [0, 0.05) is 24.0 Å². The van der Waals surface area contributed by atoms with Crippen molar-refractivity contribution in [1.29, 1.82) is 0 Å². The van der Waals surface area contributed by atoms with E-state index in [4.69, 9.17) is 11.6 Å². The summed E-state index contributed by atoms with van der Waals surface area (Å²) in [6, 6.07) is 16.7. The van der Waals surface area contributed by atoms with Crippen LogP contribution in [0.2, 0.25) is 5.02 Å². The first-order valence-electron chi connectivity index (χ1n) is 9.38. The van der Waals surface area contributed by atoms with E-state index >= 15 is 0 Å². The van der Waals surface area contributed by atoms with Gasteiger partial charge in [0.05, 0.1) is 17.7 Å². The second-order valence-electron chi connectivity index (χ2n) is 6.79. The van der Waals surface area contributed by atoms with Crippen LogP contribution >= 0.6 is 11.6 Å². The number of aryl methyl sites for hydroxylation is 1. The molecule has 0 bridgehead atoms. The second-order valence-corrected chi connectivity index (χ2v) is 9.16. The number of halogens is 1. The largest absolute Gasteiger partial charge is 0.272 e. The number of carbonyl (C=O) groups is 1. The quantitative estimate of drug-likeness (QED) is 0.415. The van der Waals surface area contributed by atoms with Crippen LogP contribution in [0.5, 0.6) is 0 Å². The van der Waals surface area contributed by atoms with Crippen LogP contribution in [0.4, 0.5) is 0 Å². The number of nitrogens with zero attached hydrogens (tertiary/aromatic N) is 3. The van der Waals surface area contributed by atoms with Crippen molar-refractivity contribution in [2.75, 3.05) is 6.54 Å². The van der Waals surface area contributed by atoms with Gasteiger partial charge >= 0.3 is 0 Å². The Kier molecular flexibility index (Phi) is 7.51. The first kappa shape index (κ1) is 22.6. The molecule has 0 aliphatic heterocycles. The van der Waals surface area contributed by atoms with Crippen molar-refractivity contribution in [2.45, 2.75) is 18.4 Å². The third-order valence-electron chi connectivity index (χ3n) is 4.32. The van der Waals surface area contributed by atoms with Gasteiger partial charge in [0.2, 0.25) is 10.0 Å². The van der Waals surface area contributed by atoms with E-state index in [9.17, 15) is 13.2 Å². The molecular weight excluding hydrogens is 436 g/mol. The number of hydrogen-bond donors (Lipinski definition) is 1. The number of pyridine rings is 1. The fourth-order valence-electron chi connectivity index (χ4n) is 2.82. The molecule has 7 nitrogen and oxygen atoms in total. The SMILES string of the molecule is Cc1cccc(CN(CC(=O)N/N=C\c2ccncc2)S(=O)(=O)c2ccc(Cl)cc2)c1. The van der Waals surface area contributed by atoms with Crippen LogP contribution in [-0.2, 0) is 21.4 Å². The minimum Gasteiger partial charge on any atom is -0.272 e. The molecule has 0 spiro atoms. The lowest BCUT2D eigenvalue weighted by atomic mass is 10.1. The molecule has 0 saturated carbocycles. The summed E-state index contributed by atoms with van der Waals surface area (Å²) in [5.74, 6) is -0.560. The number of hydrazone groups is 1. The molecule has 0 radical (unpaired) electrons. The first-order valence-corrected chi connectivity index (χ1v) is 11.2. The Hall–Kier alpha value is -3.07. The van der Waals surface area contributed by atoms with Crippen LogP contribution in [0.15, 0.2) is 83.1 Å². The zero-order valence-corrected chi connectivity index (χ0v) is 18.3. The van der Waals surface area contributed by atoms with Gasteiger partial charge in [-0.2, -0.15) is 9.41 Å². The Morgan fingerprint density at radius 2 is 1.84 bits per heavy atom. The maximum absolute atomic E-state index is 13.2. The van der Waals surface area contributed by atoms with E-state index in [2.05, 4.69) is 15.5 Å². The molecule has 1 N–H and O–H groups in total. The normalized spacial score (nSPS) is 11.7. The molecule has 31 heavy (non-hydrogen) atoms. The summed E-state index contributed by atoms with van der Waals surface area (Å²) in [4.78, 5) is 16.4. The molecule has 1 heterocycles. The maximum Gasteiger partial charge on any atom is 0.255 e. The molecule has 1 amide bonds. The zero-order chi connectivity index (χ0) is 22.3. The molecule has 3 rings (SSSR count). The molecular formula is C22H21ClN4O3S. The summed E-state index contributed by atoms with van der Waals surface area (Å²) in [6.07, 6.45) is 4.66. The van der Waals surface area contributed by atoms with Crippen LogP contribution in [-0.4, -0.2) is 36.4 Å². The molecule has 1 aromatic heterocycles. The number of sulfonamides is 1. The van der Waals surface area contributed by atoms with Gasteiger partial charge in [0.15, 0.2) is 0 Å². The van der Waals surface area contributed by atoms with E-state index in [-0.39, 0.29) is 11.4 Å². The van der Waals surface area contributed by atoms with E-state index < -0.39 is 22.5 Å². The summed E-state index contributed by atoms with van der Waals surface area (Å²) in [5, 5.41) is 4.31. The fourth-order valence-corrected chi connectivity index (χ4v) is 4.33. The lowest BCUT2D eigenvalue weighted by Crippen LogP contribution is -2.39. The summed E-state index contributed by atoms with van der Waals surface area (Å²) in [7, 11) is -3.95. The topological polar surface area (TPSA) is 91.7 Å². The Morgan fingerprint density at radius 1 is 1.13 bits per heavy atom. The third kappa shape index (κ3) is 6.45. The van der Waals surface area contributed by atoms with Crippen molar-refractivity contribution in [3.63, 3.8) is 0 Å². The van der Waals surface area contributed by atoms with Gasteiger partial charge < -0.3 is 0 Å². The van der Waals surface area contributed by atoms with Gasteiger partial charge in [-0.3, -0.25) is 9.78 Å². The Morgan fingerprint density at radius 3 is 2.52 bits per heavy atom. The standard InChI is InChI=1S/C22H21ClN4O3S/c1-17-3-2-4-19(13-17)15-27(31(29,30)21-7-5-20(23)6-8-21)16-22(28)26-25-14-18-9-11-24-12-10-18/h2-14H,15-16H2,1H3,(H,26,28)/b25-14-. The number of benzene rings is 2. The molecule has 3 aromatic rings. The number of rotatable bonds is 8. The van der Waals surface area contributed by atoms with Crippen LogP contribution < -0.4 is 5.43 Å². The van der Waals surface area contributed by atoms with Crippen molar-refractivity contribution in [1.82, 2.24) is 14.7 Å².